The van der Waals surface area contributed by atoms with Crippen LogP contribution in [0.25, 0.3) is 0 Å². The van der Waals surface area contributed by atoms with Gasteiger partial charge in [0.2, 0.25) is 0 Å². The van der Waals surface area contributed by atoms with Crippen LogP contribution in [0.1, 0.15) is 42.3 Å². The Morgan fingerprint density at radius 3 is 2.21 bits per heavy atom. The fourth-order valence-electron chi connectivity index (χ4n) is 3.45. The maximum atomic E-state index is 13.3. The van der Waals surface area contributed by atoms with E-state index in [1.807, 2.05) is 39.0 Å². The van der Waals surface area contributed by atoms with Crippen LogP contribution < -0.4 is 14.8 Å². The van der Waals surface area contributed by atoms with Gasteiger partial charge in [-0.15, -0.1) is 0 Å². The van der Waals surface area contributed by atoms with Crippen LogP contribution in [-0.2, 0) is 22.9 Å². The Labute approximate surface area is 200 Å². The van der Waals surface area contributed by atoms with Crippen molar-refractivity contribution >= 4 is 38.9 Å². The van der Waals surface area contributed by atoms with Crippen molar-refractivity contribution in [2.24, 2.45) is 0 Å². The van der Waals surface area contributed by atoms with E-state index in [-0.39, 0.29) is 10.6 Å². The third-order valence-corrected chi connectivity index (χ3v) is 6.71. The first-order valence-electron chi connectivity index (χ1n) is 10.8. The Hall–Kier alpha value is -3.03. The van der Waals surface area contributed by atoms with Crippen LogP contribution in [0.15, 0.2) is 65.6 Å². The number of carbonyl (C=O) groups is 1. The molecule has 0 aliphatic heterocycles. The topological polar surface area (TPSA) is 84.5 Å². The molecule has 3 rings (SSSR count). The van der Waals surface area contributed by atoms with E-state index < -0.39 is 15.9 Å². The number of benzene rings is 3. The number of aryl methyl sites for hydroxylation is 2. The van der Waals surface area contributed by atoms with Gasteiger partial charge >= 0.3 is 0 Å². The van der Waals surface area contributed by atoms with Crippen LogP contribution in [0.3, 0.4) is 0 Å². The summed E-state index contributed by atoms with van der Waals surface area (Å²) in [5.41, 5.74) is 3.03. The Morgan fingerprint density at radius 2 is 1.61 bits per heavy atom. The molecule has 1 amide bonds. The number of amides is 1. The van der Waals surface area contributed by atoms with Gasteiger partial charge < -0.3 is 10.1 Å². The van der Waals surface area contributed by atoms with Gasteiger partial charge in [0, 0.05) is 10.6 Å². The van der Waals surface area contributed by atoms with Crippen molar-refractivity contribution in [3.63, 3.8) is 0 Å². The second kappa shape index (κ2) is 10.7. The van der Waals surface area contributed by atoms with Gasteiger partial charge in [-0.1, -0.05) is 49.7 Å². The van der Waals surface area contributed by atoms with Crippen LogP contribution in [0.2, 0.25) is 5.02 Å². The zero-order valence-corrected chi connectivity index (χ0v) is 20.4. The number of ether oxygens (including phenoxy) is 1. The molecule has 0 heterocycles. The number of para-hydroxylation sites is 1. The molecule has 6 nitrogen and oxygen atoms in total. The van der Waals surface area contributed by atoms with Crippen molar-refractivity contribution in [3.05, 3.63) is 82.4 Å². The van der Waals surface area contributed by atoms with Crippen LogP contribution in [0, 0.1) is 0 Å². The molecule has 0 radical (unpaired) electrons. The lowest BCUT2D eigenvalue weighted by molar-refractivity contribution is 0.102. The average Bonchev–Trinajstić information content (AvgIpc) is 2.80. The number of nitrogens with one attached hydrogen (secondary N) is 2. The van der Waals surface area contributed by atoms with E-state index in [1.165, 1.54) is 24.3 Å². The highest BCUT2D eigenvalue weighted by Crippen LogP contribution is 2.31. The number of hydrogen-bond acceptors (Lipinski definition) is 4. The lowest BCUT2D eigenvalue weighted by Crippen LogP contribution is -2.17. The molecule has 3 aromatic carbocycles. The van der Waals surface area contributed by atoms with E-state index in [2.05, 4.69) is 10.0 Å². The molecule has 3 aromatic rings. The van der Waals surface area contributed by atoms with Crippen molar-refractivity contribution in [1.82, 2.24) is 0 Å². The molecule has 0 aliphatic rings. The molecule has 0 saturated heterocycles. The van der Waals surface area contributed by atoms with E-state index in [0.717, 1.165) is 11.1 Å². The van der Waals surface area contributed by atoms with Crippen LogP contribution in [0.5, 0.6) is 5.75 Å². The van der Waals surface area contributed by atoms with Gasteiger partial charge in [0.05, 0.1) is 22.9 Å². The fourth-order valence-corrected chi connectivity index (χ4v) is 4.81. The normalized spacial score (nSPS) is 11.2. The molecule has 0 spiro atoms. The summed E-state index contributed by atoms with van der Waals surface area (Å²) >= 11 is 5.99. The first-order chi connectivity index (χ1) is 15.8. The Bertz CT molecular complexity index is 1240. The Morgan fingerprint density at radius 1 is 0.939 bits per heavy atom. The second-order valence-electron chi connectivity index (χ2n) is 7.32. The van der Waals surface area contributed by atoms with E-state index in [9.17, 15) is 13.2 Å². The zero-order valence-electron chi connectivity index (χ0n) is 18.8. The summed E-state index contributed by atoms with van der Waals surface area (Å²) in [7, 11) is -3.92. The molecule has 0 unspecified atom stereocenters. The lowest BCUT2D eigenvalue weighted by Gasteiger charge is -2.17. The van der Waals surface area contributed by atoms with Crippen LogP contribution >= 0.6 is 11.6 Å². The molecule has 0 saturated carbocycles. The van der Waals surface area contributed by atoms with Crippen molar-refractivity contribution in [3.8, 4) is 5.75 Å². The third kappa shape index (κ3) is 5.86. The smallest absolute Gasteiger partial charge is 0.261 e. The second-order valence-corrected chi connectivity index (χ2v) is 9.44. The minimum Gasteiger partial charge on any atom is -0.492 e. The predicted octanol–water partition coefficient (Wildman–Crippen LogP) is 5.92. The molecule has 0 aromatic heterocycles. The number of sulfonamides is 1. The van der Waals surface area contributed by atoms with Crippen molar-refractivity contribution in [2.75, 3.05) is 16.6 Å². The monoisotopic (exact) mass is 486 g/mol. The average molecular weight is 487 g/mol. The van der Waals surface area contributed by atoms with Gasteiger partial charge in [0.25, 0.3) is 15.9 Å². The third-order valence-electron chi connectivity index (χ3n) is 5.13. The van der Waals surface area contributed by atoms with Gasteiger partial charge in [-0.3, -0.25) is 9.52 Å². The summed E-state index contributed by atoms with van der Waals surface area (Å²) in [6.45, 7) is 6.12. The highest BCUT2D eigenvalue weighted by Gasteiger charge is 2.21. The van der Waals surface area contributed by atoms with Gasteiger partial charge in [-0.05, 0) is 67.3 Å². The number of rotatable bonds is 9. The highest BCUT2D eigenvalue weighted by molar-refractivity contribution is 7.92. The first-order valence-corrected chi connectivity index (χ1v) is 12.6. The summed E-state index contributed by atoms with van der Waals surface area (Å²) in [6, 6.07) is 16.6. The summed E-state index contributed by atoms with van der Waals surface area (Å²) in [6.07, 6.45) is 1.38. The minimum absolute atomic E-state index is 0.0142. The molecule has 174 valence electrons. The lowest BCUT2D eigenvalue weighted by atomic mass is 10.0. The molecular weight excluding hydrogens is 460 g/mol. The Balaban J connectivity index is 1.98. The van der Waals surface area contributed by atoms with Crippen LogP contribution in [-0.4, -0.2) is 20.9 Å². The van der Waals surface area contributed by atoms with Crippen LogP contribution in [0.4, 0.5) is 11.4 Å². The zero-order chi connectivity index (χ0) is 24.0. The maximum absolute atomic E-state index is 13.3. The predicted molar refractivity (Wildman–Crippen MR) is 133 cm³/mol. The molecular formula is C25H27ClN2O4S. The van der Waals surface area contributed by atoms with Crippen molar-refractivity contribution in [2.45, 2.75) is 38.5 Å². The Kier molecular flexibility index (Phi) is 8.00. The van der Waals surface area contributed by atoms with Gasteiger partial charge in [0.1, 0.15) is 5.75 Å². The quantitative estimate of drug-likeness (QED) is 0.393. The summed E-state index contributed by atoms with van der Waals surface area (Å²) in [5.74, 6) is -0.0550. The minimum atomic E-state index is -3.92. The molecule has 0 bridgehead atoms. The first kappa shape index (κ1) is 24.6. The largest absolute Gasteiger partial charge is 0.492 e. The van der Waals surface area contributed by atoms with E-state index in [4.69, 9.17) is 16.3 Å². The standard InChI is InChI=1S/C25H27ClN2O4S/c1-4-17-9-7-10-18(5-2)24(17)28-33(30,31)21-13-14-23(32-6-3)22(16-21)27-25(29)19-11-8-12-20(26)15-19/h7-16,28H,4-6H2,1-3H3,(H,27,29). The molecule has 2 N–H and O–H groups in total. The summed E-state index contributed by atoms with van der Waals surface area (Å²) < 4.78 is 34.9. The van der Waals surface area contributed by atoms with E-state index >= 15 is 0 Å². The number of hydrogen-bond donors (Lipinski definition) is 2. The SMILES string of the molecule is CCOc1ccc(S(=O)(=O)Nc2c(CC)cccc2CC)cc1NC(=O)c1cccc(Cl)c1. The molecule has 0 atom stereocenters. The van der Waals surface area contributed by atoms with Gasteiger partial charge in [0.15, 0.2) is 0 Å². The van der Waals surface area contributed by atoms with Crippen molar-refractivity contribution < 1.29 is 17.9 Å². The maximum Gasteiger partial charge on any atom is 0.261 e. The van der Waals surface area contributed by atoms with E-state index in [0.29, 0.717) is 41.5 Å². The molecule has 33 heavy (non-hydrogen) atoms. The number of anilines is 2. The molecule has 8 heteroatoms. The highest BCUT2D eigenvalue weighted by atomic mass is 35.5. The summed E-state index contributed by atoms with van der Waals surface area (Å²) in [4.78, 5) is 12.8. The number of halogens is 1. The fraction of sp³-hybridized carbons (Fsp3) is 0.240. The van der Waals surface area contributed by atoms with E-state index in [1.54, 1.807) is 18.2 Å². The van der Waals surface area contributed by atoms with Gasteiger partial charge in [-0.2, -0.15) is 0 Å². The number of carbonyl (C=O) groups excluding carboxylic acids is 1. The van der Waals surface area contributed by atoms with Crippen molar-refractivity contribution in [1.29, 1.82) is 0 Å². The summed E-state index contributed by atoms with van der Waals surface area (Å²) in [5, 5.41) is 3.17. The molecule has 0 fully saturated rings. The van der Waals surface area contributed by atoms with Gasteiger partial charge in [-0.25, -0.2) is 8.42 Å². The molecule has 0 aliphatic carbocycles.